The molecule has 0 bridgehead atoms. The largest absolute Gasteiger partial charge is 0.347 e. The van der Waals surface area contributed by atoms with Crippen LogP contribution in [0.5, 0.6) is 0 Å². The second-order valence-corrected chi connectivity index (χ2v) is 8.74. The van der Waals surface area contributed by atoms with Gasteiger partial charge in [-0.1, -0.05) is 86.5 Å². The Morgan fingerprint density at radius 1 is 1.08 bits per heavy atom. The minimum atomic E-state index is 0.110. The molecule has 36 heavy (non-hydrogen) atoms. The van der Waals surface area contributed by atoms with E-state index in [0.29, 0.717) is 5.95 Å². The molecular formula is C31H33N5. The molecule has 1 aromatic heterocycles. The van der Waals surface area contributed by atoms with Crippen molar-refractivity contribution in [2.75, 3.05) is 11.9 Å². The third kappa shape index (κ3) is 5.84. The number of hydrogen-bond acceptors (Lipinski definition) is 5. The molecule has 0 saturated heterocycles. The van der Waals surface area contributed by atoms with Crippen molar-refractivity contribution in [2.24, 2.45) is 0 Å². The second-order valence-electron chi connectivity index (χ2n) is 8.74. The van der Waals surface area contributed by atoms with E-state index in [4.69, 9.17) is 11.4 Å². The Labute approximate surface area is 214 Å². The first-order valence-electron chi connectivity index (χ1n) is 12.4. The van der Waals surface area contributed by atoms with Crippen LogP contribution in [-0.4, -0.2) is 21.4 Å². The predicted molar refractivity (Wildman–Crippen MR) is 149 cm³/mol. The molecule has 0 radical (unpaired) electrons. The monoisotopic (exact) mass is 475 g/mol. The van der Waals surface area contributed by atoms with Crippen LogP contribution in [0.2, 0.25) is 0 Å². The van der Waals surface area contributed by atoms with Crippen LogP contribution in [0, 0.1) is 19.4 Å². The molecule has 1 aliphatic heterocycles. The van der Waals surface area contributed by atoms with Crippen LogP contribution in [0.4, 0.5) is 5.95 Å². The van der Waals surface area contributed by atoms with E-state index in [1.54, 1.807) is 6.20 Å². The molecule has 2 aromatic carbocycles. The zero-order valence-corrected chi connectivity index (χ0v) is 21.2. The van der Waals surface area contributed by atoms with Gasteiger partial charge < -0.3 is 15.5 Å². The Morgan fingerprint density at radius 3 is 2.50 bits per heavy atom. The van der Waals surface area contributed by atoms with Crippen molar-refractivity contribution < 1.29 is 0 Å². The summed E-state index contributed by atoms with van der Waals surface area (Å²) in [5.74, 6) is 0.579. The van der Waals surface area contributed by atoms with E-state index in [0.717, 1.165) is 42.0 Å². The molecule has 0 saturated carbocycles. The molecule has 4 rings (SSSR count). The maximum Gasteiger partial charge on any atom is 0.223 e. The minimum absolute atomic E-state index is 0.110. The van der Waals surface area contributed by atoms with Gasteiger partial charge in [0.2, 0.25) is 5.95 Å². The molecule has 1 aliphatic rings. The smallest absolute Gasteiger partial charge is 0.223 e. The zero-order valence-electron chi connectivity index (χ0n) is 21.2. The average molecular weight is 476 g/mol. The summed E-state index contributed by atoms with van der Waals surface area (Å²) >= 11 is 0. The molecule has 0 aliphatic carbocycles. The van der Waals surface area contributed by atoms with Gasteiger partial charge >= 0.3 is 0 Å². The van der Waals surface area contributed by atoms with Crippen molar-refractivity contribution in [3.63, 3.8) is 0 Å². The fourth-order valence-electron chi connectivity index (χ4n) is 4.26. The van der Waals surface area contributed by atoms with Gasteiger partial charge in [0.1, 0.15) is 0 Å². The van der Waals surface area contributed by atoms with E-state index in [1.165, 1.54) is 16.7 Å². The van der Waals surface area contributed by atoms with Gasteiger partial charge in [-0.3, -0.25) is 0 Å². The number of aryl methyl sites for hydroxylation is 1. The topological polar surface area (TPSA) is 53.1 Å². The molecule has 1 atom stereocenters. The fourth-order valence-corrected chi connectivity index (χ4v) is 4.26. The van der Waals surface area contributed by atoms with Gasteiger partial charge in [-0.05, 0) is 43.0 Å². The van der Waals surface area contributed by atoms with Gasteiger partial charge in [-0.15, -0.1) is 0 Å². The van der Waals surface area contributed by atoms with Gasteiger partial charge in [0, 0.05) is 30.5 Å². The number of rotatable bonds is 9. The van der Waals surface area contributed by atoms with Crippen LogP contribution >= 0.6 is 0 Å². The molecule has 1 unspecified atom stereocenters. The number of nitrogens with zero attached hydrogens (tertiary/aromatic N) is 3. The Balaban J connectivity index is 1.79. The van der Waals surface area contributed by atoms with Crippen LogP contribution in [0.15, 0.2) is 90.8 Å². The highest BCUT2D eigenvalue weighted by molar-refractivity contribution is 5.89. The molecule has 5 heteroatoms. The quantitative estimate of drug-likeness (QED) is 0.273. The number of allylic oxidation sites excluding steroid dienone is 2. The van der Waals surface area contributed by atoms with Crippen molar-refractivity contribution in [3.05, 3.63) is 113 Å². The SMILES string of the molecule is C#CN/C(=C(/c1ccnc(NC(CC)c2ccccc2)n1)N1C=CC(CC)=CC1)c1ccc(C)cc1. The van der Waals surface area contributed by atoms with Crippen molar-refractivity contribution >= 4 is 17.3 Å². The summed E-state index contributed by atoms with van der Waals surface area (Å²) in [5.41, 5.74) is 7.21. The molecule has 5 nitrogen and oxygen atoms in total. The van der Waals surface area contributed by atoms with Gasteiger partial charge in [0.15, 0.2) is 0 Å². The summed E-state index contributed by atoms with van der Waals surface area (Å²) < 4.78 is 0. The van der Waals surface area contributed by atoms with Crippen LogP contribution < -0.4 is 10.6 Å². The number of aromatic nitrogens is 2. The summed E-state index contributed by atoms with van der Waals surface area (Å²) in [6, 6.07) is 23.4. The van der Waals surface area contributed by atoms with Gasteiger partial charge in [-0.25, -0.2) is 9.97 Å². The molecule has 2 N–H and O–H groups in total. The summed E-state index contributed by atoms with van der Waals surface area (Å²) in [7, 11) is 0. The first kappa shape index (κ1) is 24.8. The van der Waals surface area contributed by atoms with Crippen molar-refractivity contribution in [2.45, 2.75) is 39.7 Å². The lowest BCUT2D eigenvalue weighted by Gasteiger charge is -2.28. The third-order valence-electron chi connectivity index (χ3n) is 6.30. The van der Waals surface area contributed by atoms with Gasteiger partial charge in [-0.2, -0.15) is 0 Å². The van der Waals surface area contributed by atoms with Crippen LogP contribution in [0.1, 0.15) is 55.1 Å². The maximum atomic E-state index is 5.78. The number of terminal acetylenes is 1. The summed E-state index contributed by atoms with van der Waals surface area (Å²) in [6.45, 7) is 7.12. The highest BCUT2D eigenvalue weighted by Gasteiger charge is 2.21. The van der Waals surface area contributed by atoms with Crippen molar-refractivity contribution in [1.29, 1.82) is 0 Å². The molecule has 182 valence electrons. The van der Waals surface area contributed by atoms with E-state index < -0.39 is 0 Å². The fraction of sp³-hybridized carbons (Fsp3) is 0.226. The molecule has 0 fully saturated rings. The Kier molecular flexibility index (Phi) is 8.20. The number of benzene rings is 2. The van der Waals surface area contributed by atoms with Crippen LogP contribution in [0.25, 0.3) is 11.4 Å². The Bertz CT molecular complexity index is 1300. The third-order valence-corrected chi connectivity index (χ3v) is 6.30. The number of nitrogens with one attached hydrogen (secondary N) is 2. The normalized spacial score (nSPS) is 14.4. The summed E-state index contributed by atoms with van der Waals surface area (Å²) in [5, 5.41) is 6.69. The Morgan fingerprint density at radius 2 is 1.86 bits per heavy atom. The molecule has 0 amide bonds. The van der Waals surface area contributed by atoms with Gasteiger partial charge in [0.05, 0.1) is 23.1 Å². The van der Waals surface area contributed by atoms with E-state index in [2.05, 4.69) is 114 Å². The number of hydrogen-bond donors (Lipinski definition) is 2. The first-order chi connectivity index (χ1) is 17.6. The molecule has 3 aromatic rings. The highest BCUT2D eigenvalue weighted by Crippen LogP contribution is 2.30. The predicted octanol–water partition coefficient (Wildman–Crippen LogP) is 6.52. The minimum Gasteiger partial charge on any atom is -0.347 e. The van der Waals surface area contributed by atoms with E-state index in [-0.39, 0.29) is 6.04 Å². The lowest BCUT2D eigenvalue weighted by Crippen LogP contribution is -2.24. The van der Waals surface area contributed by atoms with Crippen LogP contribution in [0.3, 0.4) is 0 Å². The first-order valence-corrected chi connectivity index (χ1v) is 12.4. The summed E-state index contributed by atoms with van der Waals surface area (Å²) in [4.78, 5) is 11.7. The van der Waals surface area contributed by atoms with Crippen LogP contribution in [-0.2, 0) is 0 Å². The lowest BCUT2D eigenvalue weighted by molar-refractivity contribution is 0.578. The molecule has 0 spiro atoms. The highest BCUT2D eigenvalue weighted by atomic mass is 15.2. The average Bonchev–Trinajstić information content (AvgIpc) is 2.93. The zero-order chi connectivity index (χ0) is 25.3. The molecular weight excluding hydrogens is 442 g/mol. The number of anilines is 1. The standard InChI is InChI=1S/C31H33N5/c1-5-24-18-21-36(22-19-24)30(29(32-7-3)26-15-13-23(4)14-16-26)28-17-20-33-31(35-28)34-27(6-2)25-11-9-8-10-12-25/h3,8-21,27,32H,5-6,22H2,1-2,4H3,(H,33,34,35)/b30-29-. The summed E-state index contributed by atoms with van der Waals surface area (Å²) in [6.07, 6.45) is 16.0. The van der Waals surface area contributed by atoms with Crippen molar-refractivity contribution in [3.8, 4) is 12.5 Å². The van der Waals surface area contributed by atoms with E-state index in [1.807, 2.05) is 12.1 Å². The molecule has 2 heterocycles. The van der Waals surface area contributed by atoms with E-state index in [9.17, 15) is 0 Å². The second kappa shape index (κ2) is 11.9. The lowest BCUT2D eigenvalue weighted by atomic mass is 10.0. The van der Waals surface area contributed by atoms with E-state index >= 15 is 0 Å². The Hall–Kier alpha value is -4.30. The van der Waals surface area contributed by atoms with Crippen molar-refractivity contribution in [1.82, 2.24) is 20.2 Å². The van der Waals surface area contributed by atoms with Gasteiger partial charge in [0.25, 0.3) is 0 Å². The maximum absolute atomic E-state index is 5.78.